The molecule has 120 valence electrons. The molecule has 1 saturated heterocycles. The van der Waals surface area contributed by atoms with E-state index in [0.29, 0.717) is 12.5 Å². The Morgan fingerprint density at radius 3 is 2.52 bits per heavy atom. The number of amides is 2. The second kappa shape index (κ2) is 7.29. The lowest BCUT2D eigenvalue weighted by atomic mass is 9.88. The molecule has 3 rings (SSSR count). The van der Waals surface area contributed by atoms with Crippen molar-refractivity contribution in [2.24, 2.45) is 5.73 Å². The van der Waals surface area contributed by atoms with Crippen LogP contribution in [0.2, 0.25) is 0 Å². The molecule has 1 fully saturated rings. The Morgan fingerprint density at radius 1 is 1.09 bits per heavy atom. The van der Waals surface area contributed by atoms with E-state index in [2.05, 4.69) is 29.6 Å². The summed E-state index contributed by atoms with van der Waals surface area (Å²) in [4.78, 5) is 14.2. The average Bonchev–Trinajstić information content (AvgIpc) is 2.63. The highest BCUT2D eigenvalue weighted by Gasteiger charge is 2.23. The predicted molar refractivity (Wildman–Crippen MR) is 93.3 cm³/mol. The summed E-state index contributed by atoms with van der Waals surface area (Å²) in [6.45, 7) is 2.15. The highest BCUT2D eigenvalue weighted by atomic mass is 16.2. The second-order valence-electron chi connectivity index (χ2n) is 6.01. The number of benzene rings is 2. The Bertz CT molecular complexity index is 649. The van der Waals surface area contributed by atoms with Gasteiger partial charge >= 0.3 is 6.03 Å². The molecule has 2 amide bonds. The molecule has 0 saturated carbocycles. The lowest BCUT2D eigenvalue weighted by molar-refractivity contribution is 0.194. The molecular weight excluding hydrogens is 286 g/mol. The first-order valence-electron chi connectivity index (χ1n) is 8.16. The summed E-state index contributed by atoms with van der Waals surface area (Å²) < 4.78 is 0. The van der Waals surface area contributed by atoms with Crippen molar-refractivity contribution in [1.82, 2.24) is 4.90 Å². The Morgan fingerprint density at radius 2 is 1.83 bits per heavy atom. The number of rotatable bonds is 3. The topological polar surface area (TPSA) is 58.4 Å². The van der Waals surface area contributed by atoms with E-state index in [1.807, 2.05) is 35.2 Å². The average molecular weight is 309 g/mol. The van der Waals surface area contributed by atoms with Crippen LogP contribution in [-0.4, -0.2) is 24.0 Å². The molecule has 4 nitrogen and oxygen atoms in total. The summed E-state index contributed by atoms with van der Waals surface area (Å²) in [6, 6.07) is 18.1. The third-order valence-electron chi connectivity index (χ3n) is 4.47. The number of hydrogen-bond acceptors (Lipinski definition) is 2. The van der Waals surface area contributed by atoms with Crippen molar-refractivity contribution in [2.45, 2.75) is 25.3 Å². The van der Waals surface area contributed by atoms with E-state index >= 15 is 0 Å². The molecule has 1 aliphatic heterocycles. The van der Waals surface area contributed by atoms with Crippen LogP contribution in [0.15, 0.2) is 54.6 Å². The van der Waals surface area contributed by atoms with Crippen LogP contribution in [0.5, 0.6) is 0 Å². The van der Waals surface area contributed by atoms with Crippen LogP contribution in [0.25, 0.3) is 0 Å². The number of nitrogens with zero attached hydrogens (tertiary/aromatic N) is 1. The van der Waals surface area contributed by atoms with Gasteiger partial charge in [0.15, 0.2) is 0 Å². The van der Waals surface area contributed by atoms with Crippen LogP contribution in [0.4, 0.5) is 10.5 Å². The van der Waals surface area contributed by atoms with Crippen LogP contribution >= 0.6 is 0 Å². The van der Waals surface area contributed by atoms with E-state index in [9.17, 15) is 4.79 Å². The van der Waals surface area contributed by atoms with Gasteiger partial charge in [0.1, 0.15) is 0 Å². The minimum atomic E-state index is -0.00893. The normalized spacial score (nSPS) is 15.4. The zero-order valence-corrected chi connectivity index (χ0v) is 13.2. The molecular formula is C19H23N3O. The molecule has 2 aromatic rings. The van der Waals surface area contributed by atoms with Gasteiger partial charge in [0, 0.05) is 25.3 Å². The number of carbonyl (C=O) groups excluding carboxylic acids is 1. The highest BCUT2D eigenvalue weighted by Crippen LogP contribution is 2.28. The highest BCUT2D eigenvalue weighted by molar-refractivity contribution is 5.89. The maximum Gasteiger partial charge on any atom is 0.321 e. The molecule has 0 aliphatic carbocycles. The monoisotopic (exact) mass is 309 g/mol. The van der Waals surface area contributed by atoms with Crippen LogP contribution in [0.3, 0.4) is 0 Å². The van der Waals surface area contributed by atoms with Crippen molar-refractivity contribution >= 4 is 11.7 Å². The van der Waals surface area contributed by atoms with Gasteiger partial charge in [-0.2, -0.15) is 0 Å². The number of anilines is 1. The lowest BCUT2D eigenvalue weighted by Gasteiger charge is -2.32. The quantitative estimate of drug-likeness (QED) is 0.911. The Hall–Kier alpha value is -2.33. The van der Waals surface area contributed by atoms with Crippen LogP contribution in [0.1, 0.15) is 29.9 Å². The fourth-order valence-corrected chi connectivity index (χ4v) is 3.11. The van der Waals surface area contributed by atoms with Crippen LogP contribution in [-0.2, 0) is 6.54 Å². The molecule has 0 atom stereocenters. The minimum absolute atomic E-state index is 0.00893. The molecule has 0 radical (unpaired) electrons. The van der Waals surface area contributed by atoms with Crippen molar-refractivity contribution in [3.63, 3.8) is 0 Å². The van der Waals surface area contributed by atoms with Crippen LogP contribution < -0.4 is 11.1 Å². The number of nitrogens with two attached hydrogens (primary N) is 1. The number of likely N-dealkylation sites (tertiary alicyclic amines) is 1. The van der Waals surface area contributed by atoms with Gasteiger partial charge in [0.25, 0.3) is 0 Å². The number of para-hydroxylation sites is 1. The Kier molecular flexibility index (Phi) is 4.93. The molecule has 0 bridgehead atoms. The Labute approximate surface area is 137 Å². The minimum Gasteiger partial charge on any atom is -0.326 e. The number of piperidine rings is 1. The van der Waals surface area contributed by atoms with Gasteiger partial charge in [-0.3, -0.25) is 0 Å². The van der Waals surface area contributed by atoms with E-state index in [0.717, 1.165) is 31.6 Å². The maximum absolute atomic E-state index is 12.3. The smallest absolute Gasteiger partial charge is 0.321 e. The second-order valence-corrected chi connectivity index (χ2v) is 6.01. The molecule has 0 spiro atoms. The largest absolute Gasteiger partial charge is 0.326 e. The van der Waals surface area contributed by atoms with Gasteiger partial charge in [-0.05, 0) is 42.0 Å². The van der Waals surface area contributed by atoms with E-state index in [1.54, 1.807) is 0 Å². The van der Waals surface area contributed by atoms with Gasteiger partial charge in [-0.1, -0.05) is 42.5 Å². The van der Waals surface area contributed by atoms with Gasteiger partial charge < -0.3 is 16.0 Å². The fraction of sp³-hybridized carbons (Fsp3) is 0.316. The summed E-state index contributed by atoms with van der Waals surface area (Å²) in [5, 5.41) is 2.95. The number of urea groups is 1. The van der Waals surface area contributed by atoms with Crippen molar-refractivity contribution < 1.29 is 4.79 Å². The van der Waals surface area contributed by atoms with Gasteiger partial charge in [0.05, 0.1) is 0 Å². The summed E-state index contributed by atoms with van der Waals surface area (Å²) in [7, 11) is 0. The van der Waals surface area contributed by atoms with E-state index in [1.165, 1.54) is 11.1 Å². The first-order valence-corrected chi connectivity index (χ1v) is 8.16. The van der Waals surface area contributed by atoms with Crippen molar-refractivity contribution in [1.29, 1.82) is 0 Å². The first-order chi connectivity index (χ1) is 11.3. The third-order valence-corrected chi connectivity index (χ3v) is 4.47. The van der Waals surface area contributed by atoms with Crippen molar-refractivity contribution in [2.75, 3.05) is 18.4 Å². The zero-order chi connectivity index (χ0) is 16.1. The summed E-state index contributed by atoms with van der Waals surface area (Å²) in [6.07, 6.45) is 1.99. The summed E-state index contributed by atoms with van der Waals surface area (Å²) in [5.74, 6) is 0.516. The fourth-order valence-electron chi connectivity index (χ4n) is 3.11. The molecule has 3 N–H and O–H groups in total. The lowest BCUT2D eigenvalue weighted by Crippen LogP contribution is -2.40. The molecule has 4 heteroatoms. The van der Waals surface area contributed by atoms with E-state index in [-0.39, 0.29) is 6.03 Å². The van der Waals surface area contributed by atoms with Gasteiger partial charge in [0.2, 0.25) is 0 Å². The zero-order valence-electron chi connectivity index (χ0n) is 13.2. The maximum atomic E-state index is 12.3. The molecule has 0 aromatic heterocycles. The van der Waals surface area contributed by atoms with E-state index < -0.39 is 0 Å². The predicted octanol–water partition coefficient (Wildman–Crippen LogP) is 3.56. The van der Waals surface area contributed by atoms with Crippen molar-refractivity contribution in [3.05, 3.63) is 65.7 Å². The summed E-state index contributed by atoms with van der Waals surface area (Å²) in [5.41, 5.74) is 9.08. The SMILES string of the molecule is NCc1cccc(C2CCN(C(=O)Nc3ccccc3)CC2)c1. The number of hydrogen-bond donors (Lipinski definition) is 2. The van der Waals surface area contributed by atoms with Crippen molar-refractivity contribution in [3.8, 4) is 0 Å². The van der Waals surface area contributed by atoms with Gasteiger partial charge in [-0.25, -0.2) is 4.79 Å². The van der Waals surface area contributed by atoms with E-state index in [4.69, 9.17) is 5.73 Å². The first kappa shape index (κ1) is 15.6. The number of nitrogens with one attached hydrogen (secondary N) is 1. The number of carbonyl (C=O) groups is 1. The molecule has 1 aliphatic rings. The molecule has 1 heterocycles. The van der Waals surface area contributed by atoms with Gasteiger partial charge in [-0.15, -0.1) is 0 Å². The third kappa shape index (κ3) is 3.90. The summed E-state index contributed by atoms with van der Waals surface area (Å²) >= 11 is 0. The Balaban J connectivity index is 1.56. The van der Waals surface area contributed by atoms with Crippen LogP contribution in [0, 0.1) is 0 Å². The molecule has 0 unspecified atom stereocenters. The molecule has 23 heavy (non-hydrogen) atoms. The molecule has 2 aromatic carbocycles. The standard InChI is InChI=1S/C19H23N3O/c20-14-15-5-4-6-17(13-15)16-9-11-22(12-10-16)19(23)21-18-7-2-1-3-8-18/h1-8,13,16H,9-12,14,20H2,(H,21,23).